The number of carbonyl (C=O) groups excluding carboxylic acids is 2. The molecule has 2 heterocycles. The molecular formula is C18H31FN4O3S. The van der Waals surface area contributed by atoms with Crippen LogP contribution in [0.4, 0.5) is 4.39 Å². The smallest absolute Gasteiger partial charge is 0.237 e. The van der Waals surface area contributed by atoms with Gasteiger partial charge in [0.15, 0.2) is 0 Å². The van der Waals surface area contributed by atoms with E-state index in [9.17, 15) is 14.0 Å². The van der Waals surface area contributed by atoms with Gasteiger partial charge >= 0.3 is 0 Å². The van der Waals surface area contributed by atoms with E-state index in [0.717, 1.165) is 0 Å². The Morgan fingerprint density at radius 2 is 1.85 bits per heavy atom. The van der Waals surface area contributed by atoms with E-state index in [-0.39, 0.29) is 47.2 Å². The number of alkyl halides is 1. The molecule has 5 unspecified atom stereocenters. The minimum Gasteiger partial charge on any atom is -0.381 e. The summed E-state index contributed by atoms with van der Waals surface area (Å²) >= 11 is 1.44. The lowest BCUT2D eigenvalue weighted by molar-refractivity contribution is -0.152. The van der Waals surface area contributed by atoms with Crippen molar-refractivity contribution in [2.24, 2.45) is 11.7 Å². The first kappa shape index (κ1) is 20.8. The van der Waals surface area contributed by atoms with Gasteiger partial charge in [-0.15, -0.1) is 11.8 Å². The molecule has 27 heavy (non-hydrogen) atoms. The van der Waals surface area contributed by atoms with Crippen LogP contribution in [0.3, 0.4) is 0 Å². The van der Waals surface area contributed by atoms with Crippen LogP contribution in [0.1, 0.15) is 33.1 Å². The third-order valence-corrected chi connectivity index (χ3v) is 7.11. The van der Waals surface area contributed by atoms with Gasteiger partial charge in [0.2, 0.25) is 11.8 Å². The molecule has 1 saturated carbocycles. The average molecular weight is 403 g/mol. The number of carbonyl (C=O) groups is 2. The second kappa shape index (κ2) is 8.63. The van der Waals surface area contributed by atoms with E-state index in [1.807, 2.05) is 18.7 Å². The second-order valence-corrected chi connectivity index (χ2v) is 9.28. The summed E-state index contributed by atoms with van der Waals surface area (Å²) in [6.07, 6.45) is 0.232. The molecule has 154 valence electrons. The molecule has 1 aliphatic carbocycles. The molecule has 3 N–H and O–H groups in total. The number of thioether (sulfide) groups is 1. The molecule has 9 heteroatoms. The molecule has 0 aromatic carbocycles. The Kier molecular flexibility index (Phi) is 6.66. The van der Waals surface area contributed by atoms with E-state index in [2.05, 4.69) is 5.32 Å². The summed E-state index contributed by atoms with van der Waals surface area (Å²) in [7, 11) is 1.59. The van der Waals surface area contributed by atoms with Crippen LogP contribution in [-0.4, -0.2) is 83.5 Å². The van der Waals surface area contributed by atoms with E-state index >= 15 is 0 Å². The summed E-state index contributed by atoms with van der Waals surface area (Å²) in [5, 5.41) is 2.89. The maximum absolute atomic E-state index is 14.6. The minimum atomic E-state index is -1.17. The van der Waals surface area contributed by atoms with E-state index in [1.165, 1.54) is 11.8 Å². The molecule has 7 atom stereocenters. The number of halogens is 1. The lowest BCUT2D eigenvalue weighted by Crippen LogP contribution is -2.62. The third kappa shape index (κ3) is 4.41. The van der Waals surface area contributed by atoms with Crippen molar-refractivity contribution >= 4 is 23.6 Å². The Hall–Kier alpha value is -0.900. The number of hydrogen-bond donors (Lipinski definition) is 2. The standard InChI is InChI=1S/C18H31FN4O3S/c1-10-8-22(17(25)15-7-21-18(20)27-15)9-11(2)23(10)16(24)13-5-4-12(26-3)6-14(13)19/h10-15,18,21H,4-9,20H2,1-3H3/t10-,11-,12?,13?,14?,15?,18?/m1/s1. The van der Waals surface area contributed by atoms with Crippen LogP contribution < -0.4 is 11.1 Å². The van der Waals surface area contributed by atoms with Crippen LogP contribution >= 0.6 is 11.8 Å². The molecule has 2 aliphatic heterocycles. The minimum absolute atomic E-state index is 0.0650. The third-order valence-electron chi connectivity index (χ3n) is 5.95. The zero-order valence-corrected chi connectivity index (χ0v) is 17.1. The maximum atomic E-state index is 14.6. The van der Waals surface area contributed by atoms with Crippen molar-refractivity contribution in [2.45, 2.75) is 68.2 Å². The van der Waals surface area contributed by atoms with Gasteiger partial charge in [0.05, 0.1) is 17.3 Å². The fourth-order valence-corrected chi connectivity index (χ4v) is 5.55. The number of amides is 2. The average Bonchev–Trinajstić information content (AvgIpc) is 3.06. The number of nitrogens with two attached hydrogens (primary N) is 1. The largest absolute Gasteiger partial charge is 0.381 e. The molecule has 2 saturated heterocycles. The fourth-order valence-electron chi connectivity index (χ4n) is 4.55. The van der Waals surface area contributed by atoms with E-state index < -0.39 is 12.1 Å². The van der Waals surface area contributed by atoms with Gasteiger partial charge in [-0.3, -0.25) is 14.9 Å². The topological polar surface area (TPSA) is 87.9 Å². The van der Waals surface area contributed by atoms with Crippen LogP contribution in [0.25, 0.3) is 0 Å². The highest BCUT2D eigenvalue weighted by atomic mass is 32.2. The first-order valence-corrected chi connectivity index (χ1v) is 10.7. The molecule has 3 fully saturated rings. The predicted octanol–water partition coefficient (Wildman–Crippen LogP) is 0.535. The summed E-state index contributed by atoms with van der Waals surface area (Å²) in [4.78, 5) is 29.5. The Labute approximate surface area is 164 Å². The number of methoxy groups -OCH3 is 1. The summed E-state index contributed by atoms with van der Waals surface area (Å²) in [5.41, 5.74) is 5.60. The summed E-state index contributed by atoms with van der Waals surface area (Å²) in [6.45, 7) is 5.40. The van der Waals surface area contributed by atoms with E-state index in [4.69, 9.17) is 10.5 Å². The number of ether oxygens (including phenoxy) is 1. The van der Waals surface area contributed by atoms with Crippen molar-refractivity contribution < 1.29 is 18.7 Å². The highest BCUT2D eigenvalue weighted by molar-refractivity contribution is 8.01. The van der Waals surface area contributed by atoms with Gasteiger partial charge < -0.3 is 20.3 Å². The number of hydrogen-bond acceptors (Lipinski definition) is 6. The Morgan fingerprint density at radius 3 is 2.37 bits per heavy atom. The maximum Gasteiger partial charge on any atom is 0.237 e. The van der Waals surface area contributed by atoms with Crippen LogP contribution in [-0.2, 0) is 14.3 Å². The van der Waals surface area contributed by atoms with Gasteiger partial charge in [0, 0.05) is 45.2 Å². The number of piperazine rings is 1. The monoisotopic (exact) mass is 402 g/mol. The van der Waals surface area contributed by atoms with Gasteiger partial charge in [0.25, 0.3) is 0 Å². The van der Waals surface area contributed by atoms with Crippen LogP contribution in [0.5, 0.6) is 0 Å². The first-order valence-electron chi connectivity index (χ1n) is 9.74. The van der Waals surface area contributed by atoms with Crippen molar-refractivity contribution in [3.8, 4) is 0 Å². The van der Waals surface area contributed by atoms with Crippen molar-refractivity contribution in [3.05, 3.63) is 0 Å². The van der Waals surface area contributed by atoms with Crippen LogP contribution in [0, 0.1) is 5.92 Å². The first-order chi connectivity index (χ1) is 12.8. The molecule has 0 aromatic rings. The molecule has 0 aromatic heterocycles. The molecule has 0 radical (unpaired) electrons. The summed E-state index contributed by atoms with van der Waals surface area (Å²) in [5.74, 6) is -0.658. The highest BCUT2D eigenvalue weighted by Gasteiger charge is 2.43. The van der Waals surface area contributed by atoms with Crippen molar-refractivity contribution in [1.29, 1.82) is 0 Å². The number of nitrogens with zero attached hydrogens (tertiary/aromatic N) is 2. The predicted molar refractivity (Wildman–Crippen MR) is 103 cm³/mol. The molecule has 3 aliphatic rings. The zero-order chi connectivity index (χ0) is 19.7. The lowest BCUT2D eigenvalue weighted by atomic mass is 9.84. The highest BCUT2D eigenvalue weighted by Crippen LogP contribution is 2.32. The SMILES string of the molecule is COC1CCC(C(=O)N2[C@H](C)CN(C(=O)C3CNC(N)S3)C[C@H]2C)C(F)C1. The Bertz CT molecular complexity index is 557. The fraction of sp³-hybridized carbons (Fsp3) is 0.889. The molecule has 7 nitrogen and oxygen atoms in total. The number of nitrogens with one attached hydrogen (secondary N) is 1. The van der Waals surface area contributed by atoms with Gasteiger partial charge in [-0.1, -0.05) is 0 Å². The summed E-state index contributed by atoms with van der Waals surface area (Å²) < 4.78 is 19.8. The van der Waals surface area contributed by atoms with Crippen molar-refractivity contribution in [3.63, 3.8) is 0 Å². The number of rotatable bonds is 3. The van der Waals surface area contributed by atoms with Gasteiger partial charge in [-0.2, -0.15) is 0 Å². The van der Waals surface area contributed by atoms with E-state index in [1.54, 1.807) is 12.0 Å². The van der Waals surface area contributed by atoms with Crippen LogP contribution in [0.15, 0.2) is 0 Å². The van der Waals surface area contributed by atoms with Gasteiger partial charge in [-0.25, -0.2) is 4.39 Å². The Morgan fingerprint density at radius 1 is 1.19 bits per heavy atom. The van der Waals surface area contributed by atoms with Crippen molar-refractivity contribution in [1.82, 2.24) is 15.1 Å². The van der Waals surface area contributed by atoms with Crippen LogP contribution in [0.2, 0.25) is 0 Å². The molecule has 0 spiro atoms. The lowest BCUT2D eigenvalue weighted by Gasteiger charge is -2.47. The molecular weight excluding hydrogens is 371 g/mol. The van der Waals surface area contributed by atoms with Gasteiger partial charge in [-0.05, 0) is 26.7 Å². The quantitative estimate of drug-likeness (QED) is 0.716. The van der Waals surface area contributed by atoms with Crippen molar-refractivity contribution in [2.75, 3.05) is 26.7 Å². The Balaban J connectivity index is 1.62. The zero-order valence-electron chi connectivity index (χ0n) is 16.3. The molecule has 0 bridgehead atoms. The molecule has 2 amide bonds. The summed E-state index contributed by atoms with van der Waals surface area (Å²) in [6, 6.07) is -0.267. The molecule has 3 rings (SSSR count). The normalized spacial score (nSPS) is 40.3. The van der Waals surface area contributed by atoms with Gasteiger partial charge in [0.1, 0.15) is 11.7 Å². The second-order valence-electron chi connectivity index (χ2n) is 7.93. The van der Waals surface area contributed by atoms with E-state index in [0.29, 0.717) is 32.5 Å².